The second kappa shape index (κ2) is 6.63. The maximum atomic E-state index is 12.1. The van der Waals surface area contributed by atoms with Crippen molar-refractivity contribution in [2.24, 2.45) is 0 Å². The van der Waals surface area contributed by atoms with E-state index < -0.39 is 0 Å². The number of benzene rings is 1. The van der Waals surface area contributed by atoms with Crippen LogP contribution in [0.3, 0.4) is 0 Å². The van der Waals surface area contributed by atoms with Gasteiger partial charge in [0.05, 0.1) is 18.8 Å². The summed E-state index contributed by atoms with van der Waals surface area (Å²) in [6.07, 6.45) is 0.892. The zero-order valence-corrected chi connectivity index (χ0v) is 12.6. The van der Waals surface area contributed by atoms with Crippen molar-refractivity contribution in [1.29, 1.82) is 0 Å². The summed E-state index contributed by atoms with van der Waals surface area (Å²) in [5.41, 5.74) is 0.997. The second-order valence-electron chi connectivity index (χ2n) is 4.92. The van der Waals surface area contributed by atoms with Gasteiger partial charge in [-0.1, -0.05) is 18.2 Å². The number of nitrogens with zero attached hydrogens (tertiary/aromatic N) is 1. The molecule has 0 bridgehead atoms. The first-order valence-corrected chi connectivity index (χ1v) is 7.97. The van der Waals surface area contributed by atoms with Crippen molar-refractivity contribution in [3.63, 3.8) is 0 Å². The SMILES string of the molecule is O=C(CN1CCOc2ccccc21)NCCc1cccs1. The summed E-state index contributed by atoms with van der Waals surface area (Å²) in [6.45, 7) is 2.44. The topological polar surface area (TPSA) is 41.6 Å². The van der Waals surface area contributed by atoms with Gasteiger partial charge in [0.2, 0.25) is 5.91 Å². The summed E-state index contributed by atoms with van der Waals surface area (Å²) < 4.78 is 5.59. The zero-order chi connectivity index (χ0) is 14.5. The first-order valence-electron chi connectivity index (χ1n) is 7.09. The van der Waals surface area contributed by atoms with E-state index in [1.807, 2.05) is 30.3 Å². The minimum atomic E-state index is 0.0586. The van der Waals surface area contributed by atoms with E-state index in [0.29, 0.717) is 19.7 Å². The van der Waals surface area contributed by atoms with E-state index in [1.54, 1.807) is 11.3 Å². The van der Waals surface area contributed by atoms with Crippen molar-refractivity contribution < 1.29 is 9.53 Å². The lowest BCUT2D eigenvalue weighted by Crippen LogP contribution is -2.41. The number of ether oxygens (including phenoxy) is 1. The van der Waals surface area contributed by atoms with E-state index in [9.17, 15) is 4.79 Å². The molecule has 0 aliphatic carbocycles. The van der Waals surface area contributed by atoms with Gasteiger partial charge in [0.15, 0.2) is 0 Å². The third-order valence-corrected chi connectivity index (χ3v) is 4.37. The highest BCUT2D eigenvalue weighted by Gasteiger charge is 2.19. The quantitative estimate of drug-likeness (QED) is 0.921. The van der Waals surface area contributed by atoms with E-state index in [1.165, 1.54) is 4.88 Å². The molecule has 110 valence electrons. The highest BCUT2D eigenvalue weighted by Crippen LogP contribution is 2.30. The molecule has 0 saturated carbocycles. The lowest BCUT2D eigenvalue weighted by molar-refractivity contribution is -0.119. The molecule has 2 aromatic rings. The molecule has 0 unspecified atom stereocenters. The summed E-state index contributed by atoms with van der Waals surface area (Å²) in [5, 5.41) is 5.04. The van der Waals surface area contributed by atoms with Gasteiger partial charge >= 0.3 is 0 Å². The van der Waals surface area contributed by atoms with Crippen LogP contribution in [0, 0.1) is 0 Å². The number of hydrogen-bond donors (Lipinski definition) is 1. The van der Waals surface area contributed by atoms with Gasteiger partial charge in [-0.2, -0.15) is 0 Å². The van der Waals surface area contributed by atoms with Gasteiger partial charge in [-0.3, -0.25) is 4.79 Å². The van der Waals surface area contributed by atoms with Crippen LogP contribution in [0.25, 0.3) is 0 Å². The molecule has 1 aliphatic heterocycles. The van der Waals surface area contributed by atoms with Crippen LogP contribution in [0.4, 0.5) is 5.69 Å². The Morgan fingerprint density at radius 3 is 3.05 bits per heavy atom. The van der Waals surface area contributed by atoms with Gasteiger partial charge in [-0.15, -0.1) is 11.3 Å². The first kappa shape index (κ1) is 13.9. The maximum Gasteiger partial charge on any atom is 0.239 e. The Hall–Kier alpha value is -2.01. The van der Waals surface area contributed by atoms with Crippen molar-refractivity contribution in [2.45, 2.75) is 6.42 Å². The Labute approximate surface area is 128 Å². The maximum absolute atomic E-state index is 12.1. The molecule has 1 N–H and O–H groups in total. The molecule has 2 heterocycles. The molecule has 1 aromatic carbocycles. The fraction of sp³-hybridized carbons (Fsp3) is 0.312. The van der Waals surface area contributed by atoms with Gasteiger partial charge in [0.25, 0.3) is 0 Å². The Kier molecular flexibility index (Phi) is 4.40. The molecule has 1 amide bonds. The first-order chi connectivity index (χ1) is 10.3. The molecule has 3 rings (SSSR count). The van der Waals surface area contributed by atoms with Crippen LogP contribution < -0.4 is 15.0 Å². The number of fused-ring (bicyclic) bond motifs is 1. The van der Waals surface area contributed by atoms with E-state index in [4.69, 9.17) is 4.74 Å². The van der Waals surface area contributed by atoms with Gasteiger partial charge in [0, 0.05) is 11.4 Å². The van der Waals surface area contributed by atoms with Crippen LogP contribution in [0.15, 0.2) is 41.8 Å². The monoisotopic (exact) mass is 302 g/mol. The molecule has 1 aliphatic rings. The van der Waals surface area contributed by atoms with Crippen molar-refractivity contribution in [3.8, 4) is 5.75 Å². The number of rotatable bonds is 5. The lowest BCUT2D eigenvalue weighted by Gasteiger charge is -2.30. The fourth-order valence-electron chi connectivity index (χ4n) is 2.40. The summed E-state index contributed by atoms with van der Waals surface area (Å²) in [5.74, 6) is 0.915. The van der Waals surface area contributed by atoms with Crippen LogP contribution >= 0.6 is 11.3 Å². The van der Waals surface area contributed by atoms with Crippen molar-refractivity contribution >= 4 is 22.9 Å². The van der Waals surface area contributed by atoms with Crippen molar-refractivity contribution in [2.75, 3.05) is 31.1 Å². The Bertz CT molecular complexity index is 598. The lowest BCUT2D eigenvalue weighted by atomic mass is 10.2. The third-order valence-electron chi connectivity index (χ3n) is 3.43. The predicted octanol–water partition coefficient (Wildman–Crippen LogP) is 2.31. The summed E-state index contributed by atoms with van der Waals surface area (Å²) in [4.78, 5) is 15.4. The molecule has 0 spiro atoms. The number of anilines is 1. The summed E-state index contributed by atoms with van der Waals surface area (Å²) >= 11 is 1.72. The summed E-state index contributed by atoms with van der Waals surface area (Å²) in [6, 6.07) is 12.0. The third kappa shape index (κ3) is 3.55. The molecule has 0 saturated heterocycles. The van der Waals surface area contributed by atoms with Crippen molar-refractivity contribution in [3.05, 3.63) is 46.7 Å². The van der Waals surface area contributed by atoms with Gasteiger partial charge in [-0.25, -0.2) is 0 Å². The smallest absolute Gasteiger partial charge is 0.239 e. The predicted molar refractivity (Wildman–Crippen MR) is 85.2 cm³/mol. The molecular weight excluding hydrogens is 284 g/mol. The highest BCUT2D eigenvalue weighted by atomic mass is 32.1. The van der Waals surface area contributed by atoms with E-state index >= 15 is 0 Å². The standard InChI is InChI=1S/C16H18N2O2S/c19-16(17-8-7-13-4-3-11-21-13)12-18-9-10-20-15-6-2-1-5-14(15)18/h1-6,11H,7-10,12H2,(H,17,19). The summed E-state index contributed by atoms with van der Waals surface area (Å²) in [7, 11) is 0. The Balaban J connectivity index is 1.51. The highest BCUT2D eigenvalue weighted by molar-refractivity contribution is 7.09. The molecule has 21 heavy (non-hydrogen) atoms. The largest absolute Gasteiger partial charge is 0.490 e. The van der Waals surface area contributed by atoms with E-state index in [0.717, 1.165) is 24.4 Å². The number of carbonyl (C=O) groups excluding carboxylic acids is 1. The second-order valence-corrected chi connectivity index (χ2v) is 5.95. The normalized spacial score (nSPS) is 13.4. The number of para-hydroxylation sites is 2. The van der Waals surface area contributed by atoms with Crippen LogP contribution in [0.1, 0.15) is 4.88 Å². The molecule has 5 heteroatoms. The van der Waals surface area contributed by atoms with E-state index in [2.05, 4.69) is 21.7 Å². The van der Waals surface area contributed by atoms with E-state index in [-0.39, 0.29) is 5.91 Å². The average molecular weight is 302 g/mol. The van der Waals surface area contributed by atoms with Crippen LogP contribution in [0.5, 0.6) is 5.75 Å². The zero-order valence-electron chi connectivity index (χ0n) is 11.7. The van der Waals surface area contributed by atoms with Crippen LogP contribution in [0.2, 0.25) is 0 Å². The minimum absolute atomic E-state index is 0.0586. The molecule has 0 fully saturated rings. The number of hydrogen-bond acceptors (Lipinski definition) is 4. The Morgan fingerprint density at radius 1 is 1.29 bits per heavy atom. The molecular formula is C16H18N2O2S. The number of nitrogens with one attached hydrogen (secondary N) is 1. The molecule has 0 atom stereocenters. The molecule has 1 aromatic heterocycles. The minimum Gasteiger partial charge on any atom is -0.490 e. The number of thiophene rings is 1. The molecule has 0 radical (unpaired) electrons. The van der Waals surface area contributed by atoms with Crippen molar-refractivity contribution in [1.82, 2.24) is 5.32 Å². The van der Waals surface area contributed by atoms with Gasteiger partial charge in [-0.05, 0) is 30.0 Å². The number of amides is 1. The number of carbonyl (C=O) groups is 1. The molecule has 4 nitrogen and oxygen atoms in total. The average Bonchev–Trinajstić information content (AvgIpc) is 3.01. The van der Waals surface area contributed by atoms with Crippen LogP contribution in [-0.4, -0.2) is 32.1 Å². The Morgan fingerprint density at radius 2 is 2.19 bits per heavy atom. The fourth-order valence-corrected chi connectivity index (χ4v) is 3.11. The van der Waals surface area contributed by atoms with Gasteiger partial charge in [0.1, 0.15) is 12.4 Å². The van der Waals surface area contributed by atoms with Crippen LogP contribution in [-0.2, 0) is 11.2 Å². The van der Waals surface area contributed by atoms with Gasteiger partial charge < -0.3 is 15.0 Å².